The second-order valence-electron chi connectivity index (χ2n) is 5.24. The van der Waals surface area contributed by atoms with Gasteiger partial charge in [0.25, 0.3) is 0 Å². The van der Waals surface area contributed by atoms with Crippen molar-refractivity contribution in [1.29, 1.82) is 0 Å². The van der Waals surface area contributed by atoms with E-state index in [0.29, 0.717) is 5.92 Å². The summed E-state index contributed by atoms with van der Waals surface area (Å²) in [5.41, 5.74) is 3.69. The van der Waals surface area contributed by atoms with Crippen LogP contribution in [0, 0.1) is 0 Å². The molecule has 0 heterocycles. The first kappa shape index (κ1) is 13.7. The van der Waals surface area contributed by atoms with Gasteiger partial charge in [-0.3, -0.25) is 0 Å². The summed E-state index contributed by atoms with van der Waals surface area (Å²) in [5.74, 6) is 1.23. The number of aliphatic hydroxyl groups is 1. The Balaban J connectivity index is 1.76. The third-order valence-electron chi connectivity index (χ3n) is 4.03. The average molecular weight is 333 g/mol. The van der Waals surface area contributed by atoms with Gasteiger partial charge in [0, 0.05) is 4.47 Å². The molecule has 1 aliphatic carbocycles. The first-order valence-corrected chi connectivity index (χ1v) is 7.57. The summed E-state index contributed by atoms with van der Waals surface area (Å²) in [6, 6.07) is 14.2. The van der Waals surface area contributed by atoms with E-state index in [-0.39, 0.29) is 0 Å². The van der Waals surface area contributed by atoms with Crippen LogP contribution in [-0.4, -0.2) is 12.2 Å². The normalized spacial score (nSPS) is 18.1. The van der Waals surface area contributed by atoms with Gasteiger partial charge in [-0.2, -0.15) is 0 Å². The minimum Gasteiger partial charge on any atom is -0.497 e. The molecule has 2 nitrogen and oxygen atoms in total. The van der Waals surface area contributed by atoms with Gasteiger partial charge in [-0.1, -0.05) is 40.2 Å². The minimum atomic E-state index is -0.474. The van der Waals surface area contributed by atoms with Gasteiger partial charge in [0.1, 0.15) is 5.75 Å². The third kappa shape index (κ3) is 2.48. The molecule has 0 radical (unpaired) electrons. The zero-order valence-corrected chi connectivity index (χ0v) is 12.9. The number of hydrogen-bond acceptors (Lipinski definition) is 2. The number of aliphatic hydroxyl groups excluding tert-OH is 1. The Hall–Kier alpha value is -1.32. The molecular formula is C17H17BrO2. The number of ether oxygens (including phenoxy) is 1. The van der Waals surface area contributed by atoms with Gasteiger partial charge in [-0.05, 0) is 53.6 Å². The maximum absolute atomic E-state index is 10.5. The predicted octanol–water partition coefficient (Wildman–Crippen LogP) is 4.22. The van der Waals surface area contributed by atoms with Crippen molar-refractivity contribution in [3.05, 3.63) is 63.6 Å². The zero-order chi connectivity index (χ0) is 14.1. The molecule has 0 aromatic heterocycles. The molecule has 2 aromatic carbocycles. The van der Waals surface area contributed by atoms with Crippen LogP contribution in [0.15, 0.2) is 46.9 Å². The van der Waals surface area contributed by atoms with Crippen molar-refractivity contribution in [2.75, 3.05) is 7.11 Å². The molecule has 1 N–H and O–H groups in total. The van der Waals surface area contributed by atoms with Crippen LogP contribution in [0.5, 0.6) is 5.75 Å². The highest BCUT2D eigenvalue weighted by Crippen LogP contribution is 2.42. The molecule has 0 spiro atoms. The van der Waals surface area contributed by atoms with E-state index in [1.807, 2.05) is 18.2 Å². The number of benzene rings is 2. The summed E-state index contributed by atoms with van der Waals surface area (Å²) in [6.45, 7) is 0. The Morgan fingerprint density at radius 1 is 1.30 bits per heavy atom. The van der Waals surface area contributed by atoms with E-state index in [2.05, 4.69) is 40.2 Å². The Bertz CT molecular complexity index is 624. The van der Waals surface area contributed by atoms with Crippen LogP contribution in [0.4, 0.5) is 0 Å². The highest BCUT2D eigenvalue weighted by atomic mass is 79.9. The van der Waals surface area contributed by atoms with Crippen LogP contribution < -0.4 is 4.74 Å². The fraction of sp³-hybridized carbons (Fsp3) is 0.294. The number of methoxy groups -OCH3 is 1. The van der Waals surface area contributed by atoms with Crippen LogP contribution in [-0.2, 0) is 6.42 Å². The van der Waals surface area contributed by atoms with Crippen molar-refractivity contribution in [2.24, 2.45) is 0 Å². The topological polar surface area (TPSA) is 29.5 Å². The van der Waals surface area contributed by atoms with Gasteiger partial charge in [0.2, 0.25) is 0 Å². The van der Waals surface area contributed by atoms with E-state index >= 15 is 0 Å². The van der Waals surface area contributed by atoms with E-state index in [1.54, 1.807) is 7.11 Å². The van der Waals surface area contributed by atoms with Gasteiger partial charge >= 0.3 is 0 Å². The first-order chi connectivity index (χ1) is 9.69. The number of rotatable bonds is 4. The molecule has 2 atom stereocenters. The van der Waals surface area contributed by atoms with E-state index < -0.39 is 6.10 Å². The number of hydrogen-bond donors (Lipinski definition) is 1. The van der Waals surface area contributed by atoms with Crippen LogP contribution in [0.2, 0.25) is 0 Å². The summed E-state index contributed by atoms with van der Waals surface area (Å²) < 4.78 is 6.16. The highest BCUT2D eigenvalue weighted by Gasteiger charge is 2.28. The van der Waals surface area contributed by atoms with Gasteiger partial charge in [-0.25, -0.2) is 0 Å². The number of fused-ring (bicyclic) bond motifs is 1. The summed E-state index contributed by atoms with van der Waals surface area (Å²) >= 11 is 3.51. The molecule has 0 bridgehead atoms. The number of halogens is 1. The lowest BCUT2D eigenvalue weighted by molar-refractivity contribution is 0.152. The molecule has 0 saturated carbocycles. The molecule has 20 heavy (non-hydrogen) atoms. The van der Waals surface area contributed by atoms with E-state index in [1.165, 1.54) is 11.1 Å². The van der Waals surface area contributed by atoms with Gasteiger partial charge in [-0.15, -0.1) is 0 Å². The van der Waals surface area contributed by atoms with E-state index in [4.69, 9.17) is 4.74 Å². The molecule has 3 rings (SSSR count). The second kappa shape index (κ2) is 5.58. The average Bonchev–Trinajstić information content (AvgIpc) is 2.45. The zero-order valence-electron chi connectivity index (χ0n) is 11.3. The predicted molar refractivity (Wildman–Crippen MR) is 83.2 cm³/mol. The summed E-state index contributed by atoms with van der Waals surface area (Å²) in [7, 11) is 1.64. The summed E-state index contributed by atoms with van der Waals surface area (Å²) in [6.07, 6.45) is 1.34. The smallest absolute Gasteiger partial charge is 0.119 e. The Labute approximate surface area is 127 Å². The van der Waals surface area contributed by atoms with Crippen molar-refractivity contribution in [3.8, 4) is 5.75 Å². The van der Waals surface area contributed by atoms with Gasteiger partial charge in [0.05, 0.1) is 13.2 Å². The Morgan fingerprint density at radius 3 is 2.85 bits per heavy atom. The maximum Gasteiger partial charge on any atom is 0.119 e. The third-order valence-corrected chi connectivity index (χ3v) is 4.75. The van der Waals surface area contributed by atoms with E-state index in [9.17, 15) is 5.11 Å². The van der Waals surface area contributed by atoms with Crippen molar-refractivity contribution in [3.63, 3.8) is 0 Å². The highest BCUT2D eigenvalue weighted by molar-refractivity contribution is 9.10. The monoisotopic (exact) mass is 332 g/mol. The molecule has 3 heteroatoms. The lowest BCUT2D eigenvalue weighted by atomic mass is 9.74. The Morgan fingerprint density at radius 2 is 2.10 bits per heavy atom. The van der Waals surface area contributed by atoms with E-state index in [0.717, 1.165) is 28.6 Å². The van der Waals surface area contributed by atoms with Crippen LogP contribution >= 0.6 is 15.9 Å². The van der Waals surface area contributed by atoms with Crippen molar-refractivity contribution in [2.45, 2.75) is 24.9 Å². The first-order valence-electron chi connectivity index (χ1n) is 6.78. The fourth-order valence-electron chi connectivity index (χ4n) is 2.87. The summed E-state index contributed by atoms with van der Waals surface area (Å²) in [5, 5.41) is 10.5. The second-order valence-corrected chi connectivity index (χ2v) is 6.09. The van der Waals surface area contributed by atoms with Crippen molar-refractivity contribution < 1.29 is 9.84 Å². The van der Waals surface area contributed by atoms with Gasteiger partial charge < -0.3 is 9.84 Å². The molecule has 0 saturated heterocycles. The molecule has 2 aromatic rings. The molecule has 0 amide bonds. The lowest BCUT2D eigenvalue weighted by Crippen LogP contribution is -2.19. The largest absolute Gasteiger partial charge is 0.497 e. The van der Waals surface area contributed by atoms with Crippen molar-refractivity contribution >= 4 is 15.9 Å². The standard InChI is InChI=1S/C17H17BrO2/c1-20-13-6-7-16(18)15(10-13)17(19)9-12-8-11-4-2-3-5-14(11)12/h2-7,10,12,17,19H,8-9H2,1H3. The molecule has 1 aliphatic rings. The molecule has 104 valence electrons. The summed E-state index contributed by atoms with van der Waals surface area (Å²) in [4.78, 5) is 0. The lowest BCUT2D eigenvalue weighted by Gasteiger charge is -2.32. The molecule has 0 aliphatic heterocycles. The van der Waals surface area contributed by atoms with Crippen molar-refractivity contribution in [1.82, 2.24) is 0 Å². The Kier molecular flexibility index (Phi) is 3.81. The minimum absolute atomic E-state index is 0.458. The quantitative estimate of drug-likeness (QED) is 0.908. The van der Waals surface area contributed by atoms with Crippen LogP contribution in [0.25, 0.3) is 0 Å². The molecule has 0 fully saturated rings. The van der Waals surface area contributed by atoms with Crippen LogP contribution in [0.1, 0.15) is 35.1 Å². The SMILES string of the molecule is COc1ccc(Br)c(C(O)CC2Cc3ccccc32)c1. The van der Waals surface area contributed by atoms with Gasteiger partial charge in [0.15, 0.2) is 0 Å². The fourth-order valence-corrected chi connectivity index (χ4v) is 3.38. The maximum atomic E-state index is 10.5. The van der Waals surface area contributed by atoms with Crippen LogP contribution in [0.3, 0.4) is 0 Å². The molecule has 2 unspecified atom stereocenters. The molecular weight excluding hydrogens is 316 g/mol.